The molecule has 4 heterocycles. The van der Waals surface area contributed by atoms with Gasteiger partial charge in [-0.3, -0.25) is 18.7 Å². The van der Waals surface area contributed by atoms with Gasteiger partial charge in [-0.25, -0.2) is 0 Å². The Balaban J connectivity index is 1.16. The van der Waals surface area contributed by atoms with Crippen molar-refractivity contribution in [2.75, 3.05) is 32.1 Å². The summed E-state index contributed by atoms with van der Waals surface area (Å²) < 4.78 is 20.1. The summed E-state index contributed by atoms with van der Waals surface area (Å²) in [5.74, 6) is 2.22. The molecule has 0 radical (unpaired) electrons. The number of benzene rings is 1. The summed E-state index contributed by atoms with van der Waals surface area (Å²) in [7, 11) is 0.757. The number of amidine groups is 1. The van der Waals surface area contributed by atoms with E-state index in [1.54, 1.807) is 0 Å². The number of hydrogen-bond acceptors (Lipinski definition) is 7. The minimum atomic E-state index is -1.16. The maximum atomic E-state index is 12.8. The van der Waals surface area contributed by atoms with Gasteiger partial charge in [-0.15, -0.1) is 0 Å². The highest BCUT2D eigenvalue weighted by Gasteiger charge is 2.28. The molecule has 2 aromatic rings. The van der Waals surface area contributed by atoms with Crippen LogP contribution in [0, 0.1) is 13.8 Å². The van der Waals surface area contributed by atoms with Crippen LogP contribution in [0.3, 0.4) is 0 Å². The van der Waals surface area contributed by atoms with Crippen molar-refractivity contribution in [3.63, 3.8) is 0 Å². The first-order valence-electron chi connectivity index (χ1n) is 14.8. The Kier molecular flexibility index (Phi) is 9.47. The second-order valence-corrected chi connectivity index (χ2v) is 12.9. The lowest BCUT2D eigenvalue weighted by atomic mass is 9.89. The van der Waals surface area contributed by atoms with Crippen LogP contribution in [0.5, 0.6) is 0 Å². The Labute approximate surface area is 250 Å². The number of likely N-dealkylation sites (tertiary alicyclic amines) is 1. The second kappa shape index (κ2) is 13.2. The van der Waals surface area contributed by atoms with E-state index < -0.39 is 10.8 Å². The molecule has 0 bridgehead atoms. The summed E-state index contributed by atoms with van der Waals surface area (Å²) in [5.41, 5.74) is 11.9. The van der Waals surface area contributed by atoms with Gasteiger partial charge in [0.05, 0.1) is 33.3 Å². The van der Waals surface area contributed by atoms with Gasteiger partial charge >= 0.3 is 0 Å². The van der Waals surface area contributed by atoms with Gasteiger partial charge in [0.25, 0.3) is 5.91 Å². The van der Waals surface area contributed by atoms with Gasteiger partial charge in [0.15, 0.2) is 0 Å². The molecule has 4 N–H and O–H groups in total. The Morgan fingerprint density at radius 3 is 2.45 bits per heavy atom. The van der Waals surface area contributed by atoms with E-state index in [1.165, 1.54) is 5.56 Å². The molecular formula is C31H43N7O3S. The summed E-state index contributed by atoms with van der Waals surface area (Å²) in [5, 5.41) is 10.9. The monoisotopic (exact) mass is 593 g/mol. The molecule has 1 unspecified atom stereocenters. The third-order valence-electron chi connectivity index (χ3n) is 8.66. The molecule has 226 valence electrons. The quantitative estimate of drug-likeness (QED) is 0.317. The molecule has 1 atom stereocenters. The first kappa shape index (κ1) is 30.0. The molecule has 1 aromatic heterocycles. The number of allylic oxidation sites excluding steroid dienone is 1. The number of aliphatic imine (C=N–C) groups is 1. The number of amides is 1. The van der Waals surface area contributed by atoms with Crippen molar-refractivity contribution >= 4 is 22.5 Å². The van der Waals surface area contributed by atoms with Gasteiger partial charge in [0.1, 0.15) is 5.84 Å². The van der Waals surface area contributed by atoms with Crippen LogP contribution in [0.25, 0.3) is 0 Å². The number of rotatable bonds is 8. The number of piperidine rings is 1. The number of ether oxygens (including phenoxy) is 1. The van der Waals surface area contributed by atoms with Crippen molar-refractivity contribution in [2.45, 2.75) is 64.5 Å². The number of carbonyl (C=O) groups excluding carboxylic acids is 1. The molecule has 10 nitrogen and oxygen atoms in total. The van der Waals surface area contributed by atoms with E-state index in [-0.39, 0.29) is 11.9 Å². The molecule has 2 fully saturated rings. The average molecular weight is 594 g/mol. The smallest absolute Gasteiger partial charge is 0.251 e. The van der Waals surface area contributed by atoms with E-state index in [4.69, 9.17) is 15.5 Å². The van der Waals surface area contributed by atoms with Gasteiger partial charge < -0.3 is 26.0 Å². The summed E-state index contributed by atoms with van der Waals surface area (Å²) in [6.07, 6.45) is 4.24. The van der Waals surface area contributed by atoms with E-state index in [0.717, 1.165) is 61.5 Å². The second-order valence-electron chi connectivity index (χ2n) is 11.4. The van der Waals surface area contributed by atoms with Crippen molar-refractivity contribution in [2.24, 2.45) is 17.8 Å². The van der Waals surface area contributed by atoms with E-state index in [0.29, 0.717) is 59.9 Å². The van der Waals surface area contributed by atoms with Crippen molar-refractivity contribution in [3.05, 3.63) is 75.3 Å². The number of nitrogens with zero attached hydrogens (tertiary/aromatic N) is 4. The number of carbonyl (C=O) groups is 1. The molecule has 2 saturated heterocycles. The SMILES string of the molecule is C=C(NC(=NC1CCOCC1)C1=C(N)CCS1=O)N1CCC(c2ccc(C(=O)NCc3c(C)nn(C)c3C)cc2)CC1. The predicted molar refractivity (Wildman–Crippen MR) is 166 cm³/mol. The topological polar surface area (TPSA) is 127 Å². The van der Waals surface area contributed by atoms with E-state index in [1.807, 2.05) is 37.7 Å². The first-order chi connectivity index (χ1) is 20.2. The molecule has 11 heteroatoms. The van der Waals surface area contributed by atoms with Gasteiger partial charge in [0.2, 0.25) is 0 Å². The summed E-state index contributed by atoms with van der Waals surface area (Å²) in [4.78, 5) is 20.6. The van der Waals surface area contributed by atoms with Crippen molar-refractivity contribution in [1.29, 1.82) is 0 Å². The highest BCUT2D eigenvalue weighted by atomic mass is 32.2. The molecule has 3 aliphatic rings. The Morgan fingerprint density at radius 2 is 1.86 bits per heavy atom. The normalized spacial score (nSPS) is 20.7. The summed E-state index contributed by atoms with van der Waals surface area (Å²) in [6, 6.07) is 8.10. The molecule has 0 spiro atoms. The minimum absolute atomic E-state index is 0.0847. The van der Waals surface area contributed by atoms with Gasteiger partial charge in [-0.2, -0.15) is 5.10 Å². The maximum absolute atomic E-state index is 12.8. The highest BCUT2D eigenvalue weighted by molar-refractivity contribution is 7.90. The van der Waals surface area contributed by atoms with Crippen LogP contribution in [0.1, 0.15) is 70.9 Å². The molecule has 1 amide bonds. The van der Waals surface area contributed by atoms with Gasteiger partial charge in [-0.05, 0) is 63.1 Å². The Morgan fingerprint density at radius 1 is 1.17 bits per heavy atom. The predicted octanol–water partition coefficient (Wildman–Crippen LogP) is 3.11. The number of aromatic nitrogens is 2. The fraction of sp³-hybridized carbons (Fsp3) is 0.516. The molecule has 42 heavy (non-hydrogen) atoms. The molecule has 0 aliphatic carbocycles. The van der Waals surface area contributed by atoms with Crippen LogP contribution >= 0.6 is 0 Å². The minimum Gasteiger partial charge on any atom is -0.401 e. The molecule has 3 aliphatic heterocycles. The van der Waals surface area contributed by atoms with Crippen LogP contribution in [-0.2, 0) is 29.1 Å². The standard InChI is InChI=1S/C31H43N7O3S/c1-20-27(21(2)37(4)36-20)19-33-31(39)25-7-5-23(6-8-25)24-9-14-38(15-10-24)22(3)34-30(29-28(32)13-18-42(29)40)35-26-11-16-41-17-12-26/h5-8,24,26H,3,9-19,32H2,1-2,4H3,(H,33,39)(H,34,35). The zero-order chi connectivity index (χ0) is 29.8. The van der Waals surface area contributed by atoms with Crippen LogP contribution in [0.2, 0.25) is 0 Å². The lowest BCUT2D eigenvalue weighted by Crippen LogP contribution is -2.40. The van der Waals surface area contributed by atoms with Crippen LogP contribution in [0.4, 0.5) is 0 Å². The summed E-state index contributed by atoms with van der Waals surface area (Å²) in [6.45, 7) is 11.8. The third kappa shape index (κ3) is 6.78. The fourth-order valence-corrected chi connectivity index (χ4v) is 7.24. The lowest BCUT2D eigenvalue weighted by Gasteiger charge is -2.35. The molecule has 5 rings (SSSR count). The summed E-state index contributed by atoms with van der Waals surface area (Å²) >= 11 is 0. The van der Waals surface area contributed by atoms with Crippen molar-refractivity contribution < 1.29 is 13.7 Å². The molecular weight excluding hydrogens is 550 g/mol. The van der Waals surface area contributed by atoms with E-state index in [2.05, 4.69) is 39.3 Å². The highest BCUT2D eigenvalue weighted by Crippen LogP contribution is 2.30. The van der Waals surface area contributed by atoms with Crippen molar-refractivity contribution in [1.82, 2.24) is 25.3 Å². The zero-order valence-electron chi connectivity index (χ0n) is 24.9. The molecule has 1 aromatic carbocycles. The van der Waals surface area contributed by atoms with Crippen LogP contribution in [-0.4, -0.2) is 68.7 Å². The lowest BCUT2D eigenvalue weighted by molar-refractivity contribution is 0.0870. The maximum Gasteiger partial charge on any atom is 0.251 e. The molecule has 0 saturated carbocycles. The number of hydrogen-bond donors (Lipinski definition) is 3. The number of aryl methyl sites for hydroxylation is 2. The van der Waals surface area contributed by atoms with Gasteiger partial charge in [-0.1, -0.05) is 18.7 Å². The van der Waals surface area contributed by atoms with E-state index >= 15 is 0 Å². The number of nitrogens with one attached hydrogen (secondary N) is 2. The first-order valence-corrected chi connectivity index (χ1v) is 16.1. The van der Waals surface area contributed by atoms with Crippen molar-refractivity contribution in [3.8, 4) is 0 Å². The van der Waals surface area contributed by atoms with Crippen LogP contribution < -0.4 is 16.4 Å². The zero-order valence-corrected chi connectivity index (χ0v) is 25.8. The third-order valence-corrected chi connectivity index (χ3v) is 10.1. The Bertz CT molecular complexity index is 1400. The van der Waals surface area contributed by atoms with E-state index in [9.17, 15) is 9.00 Å². The largest absolute Gasteiger partial charge is 0.401 e. The number of nitrogens with two attached hydrogens (primary N) is 1. The van der Waals surface area contributed by atoms with Gasteiger partial charge in [0, 0.05) is 74.6 Å². The van der Waals surface area contributed by atoms with Crippen LogP contribution in [0.15, 0.2) is 52.3 Å². The Hall–Kier alpha value is -3.44. The fourth-order valence-electron chi connectivity index (χ4n) is 5.92. The average Bonchev–Trinajstić information content (AvgIpc) is 3.46.